The maximum atomic E-state index is 11.9. The summed E-state index contributed by atoms with van der Waals surface area (Å²) in [5.74, 6) is 0.849. The van der Waals surface area contributed by atoms with Gasteiger partial charge in [-0.1, -0.05) is 42.5 Å². The zero-order valence-corrected chi connectivity index (χ0v) is 13.7. The molecule has 4 heteroatoms. The lowest BCUT2D eigenvalue weighted by Gasteiger charge is -2.11. The molecule has 0 saturated carbocycles. The smallest absolute Gasteiger partial charge is 0.222 e. The lowest BCUT2D eigenvalue weighted by molar-refractivity contribution is -0.123. The summed E-state index contributed by atoms with van der Waals surface area (Å²) in [6.07, 6.45) is 2.57. The van der Waals surface area contributed by atoms with Gasteiger partial charge in [-0.2, -0.15) is 0 Å². The number of amides is 1. The fourth-order valence-electron chi connectivity index (χ4n) is 2.77. The molecule has 2 aromatic rings. The molecule has 1 heterocycles. The van der Waals surface area contributed by atoms with Crippen molar-refractivity contribution < 1.29 is 14.3 Å². The maximum absolute atomic E-state index is 11.9. The van der Waals surface area contributed by atoms with Crippen LogP contribution in [0.5, 0.6) is 5.75 Å². The summed E-state index contributed by atoms with van der Waals surface area (Å²) in [6, 6.07) is 17.9. The molecule has 1 atom stereocenters. The molecule has 1 aliphatic rings. The van der Waals surface area contributed by atoms with E-state index < -0.39 is 0 Å². The van der Waals surface area contributed by atoms with Gasteiger partial charge in [0.05, 0.1) is 12.5 Å². The summed E-state index contributed by atoms with van der Waals surface area (Å²) in [6.45, 7) is 1.82. The van der Waals surface area contributed by atoms with Gasteiger partial charge in [-0.3, -0.25) is 4.79 Å². The van der Waals surface area contributed by atoms with E-state index >= 15 is 0 Å². The highest BCUT2D eigenvalue weighted by Crippen LogP contribution is 2.17. The molecule has 3 rings (SSSR count). The molecule has 0 aromatic heterocycles. The summed E-state index contributed by atoms with van der Waals surface area (Å²) in [7, 11) is 0. The molecule has 0 unspecified atom stereocenters. The van der Waals surface area contributed by atoms with E-state index in [4.69, 9.17) is 9.47 Å². The van der Waals surface area contributed by atoms with Crippen LogP contribution in [0, 0.1) is 0 Å². The molecule has 1 fully saturated rings. The van der Waals surface area contributed by atoms with Crippen LogP contribution in [-0.4, -0.2) is 18.6 Å². The minimum absolute atomic E-state index is 0.0394. The van der Waals surface area contributed by atoms with Gasteiger partial charge in [0.1, 0.15) is 12.4 Å². The average Bonchev–Trinajstić information content (AvgIpc) is 3.12. The van der Waals surface area contributed by atoms with Gasteiger partial charge in [0.15, 0.2) is 0 Å². The second-order valence-electron chi connectivity index (χ2n) is 6.04. The first kappa shape index (κ1) is 16.5. The Hall–Kier alpha value is -2.33. The molecule has 0 spiro atoms. The number of hydrogen-bond acceptors (Lipinski definition) is 3. The normalized spacial score (nSPS) is 16.8. The summed E-state index contributed by atoms with van der Waals surface area (Å²) in [5.41, 5.74) is 2.16. The van der Waals surface area contributed by atoms with E-state index in [0.717, 1.165) is 36.3 Å². The molecule has 0 aliphatic carbocycles. The van der Waals surface area contributed by atoms with Crippen molar-refractivity contribution in [2.75, 3.05) is 6.61 Å². The van der Waals surface area contributed by atoms with Crippen molar-refractivity contribution in [3.63, 3.8) is 0 Å². The quantitative estimate of drug-likeness (QED) is 0.848. The topological polar surface area (TPSA) is 47.6 Å². The molecular weight excluding hydrogens is 302 g/mol. The van der Waals surface area contributed by atoms with Crippen LogP contribution in [0.3, 0.4) is 0 Å². The molecule has 2 aromatic carbocycles. The zero-order chi connectivity index (χ0) is 16.6. The monoisotopic (exact) mass is 325 g/mol. The SMILES string of the molecule is O=C(C[C@H]1CCCO1)NCc1cccc(OCc2ccccc2)c1. The minimum Gasteiger partial charge on any atom is -0.489 e. The highest BCUT2D eigenvalue weighted by atomic mass is 16.5. The summed E-state index contributed by atoms with van der Waals surface area (Å²) in [5, 5.41) is 2.95. The fourth-order valence-corrected chi connectivity index (χ4v) is 2.77. The number of nitrogens with one attached hydrogen (secondary N) is 1. The Labute approximate surface area is 142 Å². The molecule has 0 radical (unpaired) electrons. The van der Waals surface area contributed by atoms with Gasteiger partial charge in [-0.05, 0) is 36.1 Å². The summed E-state index contributed by atoms with van der Waals surface area (Å²) < 4.78 is 11.3. The Morgan fingerprint density at radius 1 is 1.12 bits per heavy atom. The predicted octanol–water partition coefficient (Wildman–Crippen LogP) is 3.45. The first-order valence-electron chi connectivity index (χ1n) is 8.43. The van der Waals surface area contributed by atoms with Gasteiger partial charge < -0.3 is 14.8 Å². The number of carbonyl (C=O) groups excluding carboxylic acids is 1. The van der Waals surface area contributed by atoms with E-state index in [9.17, 15) is 4.79 Å². The lowest BCUT2D eigenvalue weighted by Crippen LogP contribution is -2.26. The van der Waals surface area contributed by atoms with Gasteiger partial charge >= 0.3 is 0 Å². The number of rotatable bonds is 7. The van der Waals surface area contributed by atoms with Crippen molar-refractivity contribution in [3.05, 3.63) is 65.7 Å². The number of ether oxygens (including phenoxy) is 2. The van der Waals surface area contributed by atoms with Crippen molar-refractivity contribution in [1.29, 1.82) is 0 Å². The van der Waals surface area contributed by atoms with Gasteiger partial charge in [0.2, 0.25) is 5.91 Å². The summed E-state index contributed by atoms with van der Waals surface area (Å²) in [4.78, 5) is 11.9. The maximum Gasteiger partial charge on any atom is 0.222 e. The van der Waals surface area contributed by atoms with Crippen molar-refractivity contribution in [1.82, 2.24) is 5.32 Å². The molecule has 4 nitrogen and oxygen atoms in total. The molecule has 1 aliphatic heterocycles. The van der Waals surface area contributed by atoms with Crippen LogP contribution >= 0.6 is 0 Å². The van der Waals surface area contributed by atoms with Crippen molar-refractivity contribution in [3.8, 4) is 5.75 Å². The van der Waals surface area contributed by atoms with Crippen molar-refractivity contribution >= 4 is 5.91 Å². The molecule has 1 saturated heterocycles. The van der Waals surface area contributed by atoms with Gasteiger partial charge in [0.25, 0.3) is 0 Å². The number of carbonyl (C=O) groups is 1. The van der Waals surface area contributed by atoms with Gasteiger partial charge in [-0.15, -0.1) is 0 Å². The largest absolute Gasteiger partial charge is 0.489 e. The van der Waals surface area contributed by atoms with E-state index in [1.807, 2.05) is 54.6 Å². The van der Waals surface area contributed by atoms with E-state index in [-0.39, 0.29) is 12.0 Å². The highest BCUT2D eigenvalue weighted by Gasteiger charge is 2.18. The van der Waals surface area contributed by atoms with Gasteiger partial charge in [-0.25, -0.2) is 0 Å². The van der Waals surface area contributed by atoms with Crippen LogP contribution < -0.4 is 10.1 Å². The standard InChI is InChI=1S/C20H23NO3/c22-20(13-19-10-5-11-23-19)21-14-17-8-4-9-18(12-17)24-15-16-6-2-1-3-7-16/h1-4,6-9,12,19H,5,10-11,13-15H2,(H,21,22)/t19-/m1/s1. The Morgan fingerprint density at radius 2 is 1.96 bits per heavy atom. The Morgan fingerprint density at radius 3 is 2.75 bits per heavy atom. The third-order valence-corrected chi connectivity index (χ3v) is 4.07. The molecule has 1 N–H and O–H groups in total. The van der Waals surface area contributed by atoms with Crippen LogP contribution in [0.25, 0.3) is 0 Å². The molecule has 24 heavy (non-hydrogen) atoms. The van der Waals surface area contributed by atoms with Gasteiger partial charge in [0, 0.05) is 13.2 Å². The Kier molecular flexibility index (Phi) is 5.85. The Bertz CT molecular complexity index is 651. The second kappa shape index (κ2) is 8.50. The average molecular weight is 325 g/mol. The number of hydrogen-bond donors (Lipinski definition) is 1. The van der Waals surface area contributed by atoms with Crippen molar-refractivity contribution in [2.45, 2.75) is 38.5 Å². The van der Waals surface area contributed by atoms with E-state index in [0.29, 0.717) is 19.6 Å². The van der Waals surface area contributed by atoms with Crippen LogP contribution in [0.4, 0.5) is 0 Å². The third-order valence-electron chi connectivity index (χ3n) is 4.07. The number of benzene rings is 2. The summed E-state index contributed by atoms with van der Waals surface area (Å²) >= 11 is 0. The zero-order valence-electron chi connectivity index (χ0n) is 13.7. The first-order valence-corrected chi connectivity index (χ1v) is 8.43. The van der Waals surface area contributed by atoms with Crippen LogP contribution in [0.2, 0.25) is 0 Å². The molecule has 1 amide bonds. The lowest BCUT2D eigenvalue weighted by atomic mass is 10.1. The predicted molar refractivity (Wildman–Crippen MR) is 92.7 cm³/mol. The van der Waals surface area contributed by atoms with Crippen LogP contribution in [-0.2, 0) is 22.7 Å². The molecular formula is C20H23NO3. The second-order valence-corrected chi connectivity index (χ2v) is 6.04. The third kappa shape index (κ3) is 5.10. The van der Waals surface area contributed by atoms with E-state index in [2.05, 4.69) is 5.32 Å². The Balaban J connectivity index is 1.46. The van der Waals surface area contributed by atoms with Crippen molar-refractivity contribution in [2.24, 2.45) is 0 Å². The van der Waals surface area contributed by atoms with E-state index in [1.165, 1.54) is 0 Å². The molecule has 126 valence electrons. The van der Waals surface area contributed by atoms with Crippen LogP contribution in [0.1, 0.15) is 30.4 Å². The molecule has 0 bridgehead atoms. The first-order chi connectivity index (χ1) is 11.8. The van der Waals surface area contributed by atoms with E-state index in [1.54, 1.807) is 0 Å². The highest BCUT2D eigenvalue weighted by molar-refractivity contribution is 5.76. The fraction of sp³-hybridized carbons (Fsp3) is 0.350. The van der Waals surface area contributed by atoms with Crippen LogP contribution in [0.15, 0.2) is 54.6 Å². The minimum atomic E-state index is 0.0394.